The van der Waals surface area contributed by atoms with Gasteiger partial charge >= 0.3 is 5.97 Å². The predicted molar refractivity (Wildman–Crippen MR) is 273 cm³/mol. The molecule has 3 N–H and O–H groups in total. The van der Waals surface area contributed by atoms with Crippen molar-refractivity contribution in [2.45, 2.75) is 328 Å². The van der Waals surface area contributed by atoms with E-state index in [0.717, 1.165) is 57.8 Å². The number of esters is 1. The normalized spacial score (nSPS) is 12.6. The molecule has 374 valence electrons. The molecule has 0 spiro atoms. The monoisotopic (exact) mass is 890 g/mol. The van der Waals surface area contributed by atoms with Crippen LogP contribution in [0.5, 0.6) is 0 Å². The number of aliphatic hydroxyl groups excluding tert-OH is 2. The Morgan fingerprint density at radius 1 is 0.429 bits per heavy atom. The summed E-state index contributed by atoms with van der Waals surface area (Å²) < 4.78 is 5.48. The third kappa shape index (κ3) is 49.9. The van der Waals surface area contributed by atoms with E-state index in [2.05, 4.69) is 19.2 Å². The first-order chi connectivity index (χ1) is 31.0. The van der Waals surface area contributed by atoms with Gasteiger partial charge in [0.2, 0.25) is 5.91 Å². The van der Waals surface area contributed by atoms with Gasteiger partial charge in [-0.05, 0) is 32.1 Å². The van der Waals surface area contributed by atoms with Gasteiger partial charge in [0, 0.05) is 12.8 Å². The SMILES string of the molecule is CCCCCCCCCCCCCCCCC/C=C/C(O)C(CO)NC(=O)CCCCCCCCCCCCOC(=O)CCCCCCCCCCCCCCCCCCCCC. The highest BCUT2D eigenvalue weighted by molar-refractivity contribution is 5.76. The molecule has 0 saturated carbocycles. The van der Waals surface area contributed by atoms with E-state index in [4.69, 9.17) is 4.74 Å². The molecule has 0 radical (unpaired) electrons. The lowest BCUT2D eigenvalue weighted by molar-refractivity contribution is -0.143. The molecule has 0 aliphatic heterocycles. The maximum atomic E-state index is 12.5. The molecule has 0 fully saturated rings. The zero-order valence-corrected chi connectivity index (χ0v) is 42.6. The quantitative estimate of drug-likeness (QED) is 0.0321. The van der Waals surface area contributed by atoms with Crippen LogP contribution in [0.1, 0.15) is 316 Å². The van der Waals surface area contributed by atoms with Gasteiger partial charge < -0.3 is 20.3 Å². The summed E-state index contributed by atoms with van der Waals surface area (Å²) in [5.41, 5.74) is 0. The van der Waals surface area contributed by atoms with Crippen molar-refractivity contribution in [1.82, 2.24) is 5.32 Å². The molecule has 0 saturated heterocycles. The van der Waals surface area contributed by atoms with Crippen LogP contribution >= 0.6 is 0 Å². The second kappa shape index (κ2) is 53.2. The van der Waals surface area contributed by atoms with Crippen LogP contribution in [0, 0.1) is 0 Å². The molecule has 0 aromatic heterocycles. The molecule has 6 nitrogen and oxygen atoms in total. The zero-order chi connectivity index (χ0) is 45.8. The van der Waals surface area contributed by atoms with Crippen molar-refractivity contribution < 1.29 is 24.5 Å². The third-order valence-electron chi connectivity index (χ3n) is 13.3. The van der Waals surface area contributed by atoms with Crippen LogP contribution in [0.3, 0.4) is 0 Å². The molecule has 0 aliphatic rings. The summed E-state index contributed by atoms with van der Waals surface area (Å²) in [7, 11) is 0. The minimum absolute atomic E-state index is 0.0155. The molecule has 0 heterocycles. The molecule has 0 aromatic rings. The van der Waals surface area contributed by atoms with Crippen LogP contribution in [-0.4, -0.2) is 47.4 Å². The Labute approximate surface area is 393 Å². The van der Waals surface area contributed by atoms with Crippen LogP contribution in [0.2, 0.25) is 0 Å². The molecule has 63 heavy (non-hydrogen) atoms. The minimum atomic E-state index is -0.858. The lowest BCUT2D eigenvalue weighted by Gasteiger charge is -2.20. The number of allylic oxidation sites excluding steroid dienone is 1. The number of carbonyl (C=O) groups is 2. The van der Waals surface area contributed by atoms with Gasteiger partial charge in [-0.2, -0.15) is 0 Å². The summed E-state index contributed by atoms with van der Waals surface area (Å²) in [6.45, 7) is 4.88. The summed E-state index contributed by atoms with van der Waals surface area (Å²) in [4.78, 5) is 24.5. The Morgan fingerprint density at radius 2 is 0.730 bits per heavy atom. The Kier molecular flexibility index (Phi) is 52.0. The molecule has 0 rings (SSSR count). The predicted octanol–water partition coefficient (Wildman–Crippen LogP) is 17.3. The largest absolute Gasteiger partial charge is 0.466 e. The number of unbranched alkanes of at least 4 members (excludes halogenated alkanes) is 42. The highest BCUT2D eigenvalue weighted by Crippen LogP contribution is 2.17. The molecule has 2 unspecified atom stereocenters. The van der Waals surface area contributed by atoms with E-state index in [1.54, 1.807) is 6.08 Å². The Hall–Kier alpha value is -1.40. The number of hydrogen-bond donors (Lipinski definition) is 3. The zero-order valence-electron chi connectivity index (χ0n) is 42.6. The van der Waals surface area contributed by atoms with Gasteiger partial charge in [0.1, 0.15) is 0 Å². The number of rotatable bonds is 53. The molecule has 1 amide bonds. The third-order valence-corrected chi connectivity index (χ3v) is 13.3. The Morgan fingerprint density at radius 3 is 1.08 bits per heavy atom. The van der Waals surface area contributed by atoms with Gasteiger partial charge in [-0.3, -0.25) is 9.59 Å². The Balaban J connectivity index is 3.47. The van der Waals surface area contributed by atoms with E-state index < -0.39 is 12.1 Å². The van der Waals surface area contributed by atoms with Gasteiger partial charge in [-0.1, -0.05) is 283 Å². The molecule has 0 aromatic carbocycles. The first-order valence-corrected chi connectivity index (χ1v) is 28.5. The number of hydrogen-bond acceptors (Lipinski definition) is 5. The first kappa shape index (κ1) is 61.6. The highest BCUT2D eigenvalue weighted by Gasteiger charge is 2.18. The highest BCUT2D eigenvalue weighted by atomic mass is 16.5. The van der Waals surface area contributed by atoms with Crippen molar-refractivity contribution >= 4 is 11.9 Å². The van der Waals surface area contributed by atoms with Crippen LogP contribution in [-0.2, 0) is 14.3 Å². The molecule has 2 atom stereocenters. The van der Waals surface area contributed by atoms with Crippen LogP contribution in [0.25, 0.3) is 0 Å². The summed E-state index contributed by atoms with van der Waals surface area (Å²) in [6.07, 6.45) is 62.2. The maximum Gasteiger partial charge on any atom is 0.305 e. The van der Waals surface area contributed by atoms with E-state index in [0.29, 0.717) is 19.4 Å². The van der Waals surface area contributed by atoms with E-state index in [1.807, 2.05) is 6.08 Å². The topological polar surface area (TPSA) is 95.9 Å². The number of ether oxygens (including phenoxy) is 1. The van der Waals surface area contributed by atoms with E-state index in [9.17, 15) is 19.8 Å². The minimum Gasteiger partial charge on any atom is -0.466 e. The second-order valence-corrected chi connectivity index (χ2v) is 19.6. The van der Waals surface area contributed by atoms with Gasteiger partial charge in [0.05, 0.1) is 25.4 Å². The van der Waals surface area contributed by atoms with Crippen molar-refractivity contribution in [1.29, 1.82) is 0 Å². The summed E-state index contributed by atoms with van der Waals surface area (Å²) in [5.74, 6) is -0.103. The van der Waals surface area contributed by atoms with Crippen LogP contribution in [0.15, 0.2) is 12.2 Å². The average Bonchev–Trinajstić information content (AvgIpc) is 3.28. The molecular formula is C57H111NO5. The fraction of sp³-hybridized carbons (Fsp3) is 0.930. The first-order valence-electron chi connectivity index (χ1n) is 28.5. The van der Waals surface area contributed by atoms with Gasteiger partial charge in [-0.15, -0.1) is 0 Å². The lowest BCUT2D eigenvalue weighted by Crippen LogP contribution is -2.45. The maximum absolute atomic E-state index is 12.5. The van der Waals surface area contributed by atoms with Crippen molar-refractivity contribution in [2.24, 2.45) is 0 Å². The van der Waals surface area contributed by atoms with Crippen LogP contribution in [0.4, 0.5) is 0 Å². The number of carbonyl (C=O) groups excluding carboxylic acids is 2. The van der Waals surface area contributed by atoms with Crippen LogP contribution < -0.4 is 5.32 Å². The number of aliphatic hydroxyl groups is 2. The summed E-state index contributed by atoms with van der Waals surface area (Å²) in [5, 5.41) is 23.1. The van der Waals surface area contributed by atoms with E-state index in [-0.39, 0.29) is 18.5 Å². The number of nitrogens with one attached hydrogen (secondary N) is 1. The average molecular weight is 891 g/mol. The van der Waals surface area contributed by atoms with E-state index in [1.165, 1.54) is 231 Å². The molecular weight excluding hydrogens is 779 g/mol. The fourth-order valence-corrected chi connectivity index (χ4v) is 8.93. The summed E-state index contributed by atoms with van der Waals surface area (Å²) in [6, 6.07) is -0.643. The van der Waals surface area contributed by atoms with E-state index >= 15 is 0 Å². The van der Waals surface area contributed by atoms with Gasteiger partial charge in [0.15, 0.2) is 0 Å². The van der Waals surface area contributed by atoms with Crippen molar-refractivity contribution in [2.75, 3.05) is 13.2 Å². The molecule has 0 bridgehead atoms. The van der Waals surface area contributed by atoms with Crippen molar-refractivity contribution in [3.05, 3.63) is 12.2 Å². The number of amides is 1. The van der Waals surface area contributed by atoms with Gasteiger partial charge in [-0.25, -0.2) is 0 Å². The fourth-order valence-electron chi connectivity index (χ4n) is 8.93. The van der Waals surface area contributed by atoms with Crippen molar-refractivity contribution in [3.63, 3.8) is 0 Å². The Bertz CT molecular complexity index is 939. The summed E-state index contributed by atoms with van der Waals surface area (Å²) >= 11 is 0. The smallest absolute Gasteiger partial charge is 0.305 e. The van der Waals surface area contributed by atoms with Crippen molar-refractivity contribution in [3.8, 4) is 0 Å². The standard InChI is InChI=1S/C57H111NO5/c1-3-5-7-9-11-13-15-17-19-21-22-24-26-28-30-35-39-43-47-51-57(62)63-52-48-44-40-36-32-31-34-38-42-46-50-56(61)58-54(53-59)55(60)49-45-41-37-33-29-27-25-23-20-18-16-14-12-10-8-6-4-2/h45,49,54-55,59-60H,3-44,46-48,50-53H2,1-2H3,(H,58,61)/b49-45+. The van der Waals surface area contributed by atoms with Gasteiger partial charge in [0.25, 0.3) is 0 Å². The molecule has 0 aliphatic carbocycles. The molecule has 6 heteroatoms. The second-order valence-electron chi connectivity index (χ2n) is 19.6. The lowest BCUT2D eigenvalue weighted by atomic mass is 10.0.